The summed E-state index contributed by atoms with van der Waals surface area (Å²) in [7, 11) is 1.26. The molecule has 0 aliphatic rings. The number of carboxylic acids is 1. The molecule has 0 bridgehead atoms. The summed E-state index contributed by atoms with van der Waals surface area (Å²) in [5, 5.41) is 8.56. The topological polar surface area (TPSA) is 85.4 Å². The number of aliphatic carboxylic acids is 1. The minimum atomic E-state index is -2.80. The maximum absolute atomic E-state index is 12.4. The predicted molar refractivity (Wildman–Crippen MR) is 51.5 cm³/mol. The Morgan fingerprint density at radius 2 is 2.31 bits per heavy atom. The van der Waals surface area contributed by atoms with E-state index in [0.29, 0.717) is 0 Å². The Hall–Kier alpha value is -1.92. The van der Waals surface area contributed by atoms with Gasteiger partial charge in [0.05, 0.1) is 24.9 Å². The molecular weight excluding hydrogens is 222 g/mol. The van der Waals surface area contributed by atoms with Crippen LogP contribution < -0.4 is 10.5 Å². The molecule has 0 saturated heterocycles. The van der Waals surface area contributed by atoms with E-state index in [1.165, 1.54) is 7.11 Å². The monoisotopic (exact) mass is 232 g/mol. The van der Waals surface area contributed by atoms with E-state index in [1.54, 1.807) is 0 Å². The number of halogens is 2. The number of nitrogen functional groups attached to an aromatic ring is 1. The maximum atomic E-state index is 12.4. The van der Waals surface area contributed by atoms with Crippen LogP contribution in [0.15, 0.2) is 6.07 Å². The number of alkyl halides is 2. The molecule has 1 aromatic rings. The van der Waals surface area contributed by atoms with E-state index in [0.717, 1.165) is 6.07 Å². The number of nitrogens with two attached hydrogens (primary N) is 1. The van der Waals surface area contributed by atoms with Gasteiger partial charge >= 0.3 is 5.97 Å². The molecule has 1 rings (SSSR count). The molecule has 0 saturated carbocycles. The van der Waals surface area contributed by atoms with Crippen molar-refractivity contribution in [3.63, 3.8) is 0 Å². The summed E-state index contributed by atoms with van der Waals surface area (Å²) in [6.45, 7) is 0. The van der Waals surface area contributed by atoms with E-state index in [-0.39, 0.29) is 17.1 Å². The lowest BCUT2D eigenvalue weighted by atomic mass is 10.2. The highest BCUT2D eigenvalue weighted by Crippen LogP contribution is 2.29. The van der Waals surface area contributed by atoms with E-state index < -0.39 is 24.5 Å². The van der Waals surface area contributed by atoms with Gasteiger partial charge in [-0.1, -0.05) is 0 Å². The molecule has 88 valence electrons. The molecule has 0 aliphatic heterocycles. The standard InChI is InChI=1S/C9H10F2N2O3/c1-16-6-2-5(9(10)11)13-4(8(6)12)3-7(14)15/h2,9H,3,12H2,1H3,(H,14,15). The molecule has 0 spiro atoms. The smallest absolute Gasteiger partial charge is 0.309 e. The van der Waals surface area contributed by atoms with Crippen molar-refractivity contribution in [1.29, 1.82) is 0 Å². The fourth-order valence-corrected chi connectivity index (χ4v) is 1.16. The SMILES string of the molecule is COc1cc(C(F)F)nc(CC(=O)O)c1N. The van der Waals surface area contributed by atoms with Gasteiger partial charge in [-0.3, -0.25) is 4.79 Å². The summed E-state index contributed by atoms with van der Waals surface area (Å²) in [5.74, 6) is -1.20. The highest BCUT2D eigenvalue weighted by molar-refractivity contribution is 5.73. The van der Waals surface area contributed by atoms with Crippen LogP contribution in [0.25, 0.3) is 0 Å². The first-order valence-corrected chi connectivity index (χ1v) is 4.29. The lowest BCUT2D eigenvalue weighted by Gasteiger charge is -2.10. The van der Waals surface area contributed by atoms with Crippen LogP contribution in [0, 0.1) is 0 Å². The van der Waals surface area contributed by atoms with Crippen molar-refractivity contribution < 1.29 is 23.4 Å². The molecule has 0 radical (unpaired) electrons. The Balaban J connectivity index is 3.24. The van der Waals surface area contributed by atoms with E-state index >= 15 is 0 Å². The molecule has 0 aromatic carbocycles. The summed E-state index contributed by atoms with van der Waals surface area (Å²) in [6, 6.07) is 0.991. The van der Waals surface area contributed by atoms with Crippen LogP contribution >= 0.6 is 0 Å². The number of carboxylic acid groups (broad SMARTS) is 1. The number of pyridine rings is 1. The van der Waals surface area contributed by atoms with Crippen LogP contribution in [0.3, 0.4) is 0 Å². The zero-order chi connectivity index (χ0) is 12.3. The second kappa shape index (κ2) is 4.73. The number of hydrogen-bond donors (Lipinski definition) is 2. The molecule has 0 atom stereocenters. The van der Waals surface area contributed by atoms with Crippen LogP contribution in [0.4, 0.5) is 14.5 Å². The largest absolute Gasteiger partial charge is 0.494 e. The lowest BCUT2D eigenvalue weighted by Crippen LogP contribution is -2.09. The first-order chi connectivity index (χ1) is 7.45. The molecule has 1 heterocycles. The molecule has 3 N–H and O–H groups in total. The average Bonchev–Trinajstić information content (AvgIpc) is 2.20. The quantitative estimate of drug-likeness (QED) is 0.815. The summed E-state index contributed by atoms with van der Waals surface area (Å²) < 4.78 is 29.6. The lowest BCUT2D eigenvalue weighted by molar-refractivity contribution is -0.136. The van der Waals surface area contributed by atoms with Crippen LogP contribution in [0.5, 0.6) is 5.75 Å². The number of nitrogens with zero attached hydrogens (tertiary/aromatic N) is 1. The van der Waals surface area contributed by atoms with Crippen molar-refractivity contribution in [3.8, 4) is 5.75 Å². The van der Waals surface area contributed by atoms with Gasteiger partial charge in [-0.2, -0.15) is 0 Å². The van der Waals surface area contributed by atoms with Gasteiger partial charge in [-0.25, -0.2) is 13.8 Å². The van der Waals surface area contributed by atoms with Crippen LogP contribution in [0.1, 0.15) is 17.8 Å². The number of hydrogen-bond acceptors (Lipinski definition) is 4. The molecule has 0 amide bonds. The maximum Gasteiger partial charge on any atom is 0.309 e. The number of ether oxygens (including phenoxy) is 1. The molecule has 0 aliphatic carbocycles. The van der Waals surface area contributed by atoms with Gasteiger partial charge in [0.15, 0.2) is 0 Å². The summed E-state index contributed by atoms with van der Waals surface area (Å²) in [4.78, 5) is 14.0. The number of aromatic nitrogens is 1. The summed E-state index contributed by atoms with van der Waals surface area (Å²) in [6.07, 6.45) is -3.33. The van der Waals surface area contributed by atoms with Gasteiger partial charge in [0.25, 0.3) is 6.43 Å². The van der Waals surface area contributed by atoms with E-state index in [1.807, 2.05) is 0 Å². The van der Waals surface area contributed by atoms with E-state index in [4.69, 9.17) is 15.6 Å². The molecule has 0 fully saturated rings. The summed E-state index contributed by atoms with van der Waals surface area (Å²) in [5.41, 5.74) is 4.81. The van der Waals surface area contributed by atoms with Crippen LogP contribution in [0.2, 0.25) is 0 Å². The van der Waals surface area contributed by atoms with Gasteiger partial charge in [0.1, 0.15) is 11.4 Å². The Kier molecular flexibility index (Phi) is 3.60. The summed E-state index contributed by atoms with van der Waals surface area (Å²) >= 11 is 0. The Labute approximate surface area is 89.9 Å². The molecule has 1 aromatic heterocycles. The number of rotatable bonds is 4. The van der Waals surface area contributed by atoms with Crippen molar-refractivity contribution in [1.82, 2.24) is 4.98 Å². The molecule has 7 heteroatoms. The Bertz CT molecular complexity index is 410. The zero-order valence-electron chi connectivity index (χ0n) is 8.41. The first-order valence-electron chi connectivity index (χ1n) is 4.29. The van der Waals surface area contributed by atoms with Gasteiger partial charge in [0.2, 0.25) is 0 Å². The highest BCUT2D eigenvalue weighted by Gasteiger charge is 2.17. The van der Waals surface area contributed by atoms with Crippen molar-refractivity contribution in [3.05, 3.63) is 17.5 Å². The van der Waals surface area contributed by atoms with Gasteiger partial charge in [-0.05, 0) is 0 Å². The Morgan fingerprint density at radius 3 is 2.75 bits per heavy atom. The second-order valence-corrected chi connectivity index (χ2v) is 2.98. The van der Waals surface area contributed by atoms with Crippen molar-refractivity contribution in [2.75, 3.05) is 12.8 Å². The zero-order valence-corrected chi connectivity index (χ0v) is 8.41. The third kappa shape index (κ3) is 2.56. The molecule has 0 unspecified atom stereocenters. The van der Waals surface area contributed by atoms with E-state index in [2.05, 4.69) is 4.98 Å². The number of carbonyl (C=O) groups is 1. The molecule has 5 nitrogen and oxygen atoms in total. The number of anilines is 1. The van der Waals surface area contributed by atoms with Crippen molar-refractivity contribution in [2.24, 2.45) is 0 Å². The van der Waals surface area contributed by atoms with E-state index in [9.17, 15) is 13.6 Å². The van der Waals surface area contributed by atoms with Crippen LogP contribution in [-0.2, 0) is 11.2 Å². The van der Waals surface area contributed by atoms with Crippen molar-refractivity contribution in [2.45, 2.75) is 12.8 Å². The average molecular weight is 232 g/mol. The van der Waals surface area contributed by atoms with Crippen LogP contribution in [-0.4, -0.2) is 23.2 Å². The van der Waals surface area contributed by atoms with Gasteiger partial charge < -0.3 is 15.6 Å². The highest BCUT2D eigenvalue weighted by atomic mass is 19.3. The fourth-order valence-electron chi connectivity index (χ4n) is 1.16. The van der Waals surface area contributed by atoms with Gasteiger partial charge in [0, 0.05) is 6.07 Å². The van der Waals surface area contributed by atoms with Gasteiger partial charge in [-0.15, -0.1) is 0 Å². The predicted octanol–water partition coefficient (Wildman–Crippen LogP) is 1.24. The normalized spacial score (nSPS) is 10.5. The van der Waals surface area contributed by atoms with Crippen molar-refractivity contribution >= 4 is 11.7 Å². The molecule has 16 heavy (non-hydrogen) atoms. The third-order valence-corrected chi connectivity index (χ3v) is 1.88. The minimum absolute atomic E-state index is 0.00144. The fraction of sp³-hybridized carbons (Fsp3) is 0.333. The first kappa shape index (κ1) is 12.2. The second-order valence-electron chi connectivity index (χ2n) is 2.98. The molecular formula is C9H10F2N2O3. The Morgan fingerprint density at radius 1 is 1.69 bits per heavy atom. The number of methoxy groups -OCH3 is 1. The minimum Gasteiger partial charge on any atom is -0.494 e. The third-order valence-electron chi connectivity index (χ3n) is 1.88.